The molecule has 116 valence electrons. The second-order valence-corrected chi connectivity index (χ2v) is 6.01. The second kappa shape index (κ2) is 6.80. The number of halogens is 1. The Morgan fingerprint density at radius 2 is 1.90 bits per heavy atom. The lowest BCUT2D eigenvalue weighted by Crippen LogP contribution is -2.42. The Labute approximate surface area is 129 Å². The van der Waals surface area contributed by atoms with Crippen molar-refractivity contribution in [1.82, 2.24) is 5.32 Å². The maximum absolute atomic E-state index is 12.2. The lowest BCUT2D eigenvalue weighted by molar-refractivity contribution is -0.156. The number of rotatable bonds is 4. The summed E-state index contributed by atoms with van der Waals surface area (Å²) >= 11 is 5.84. The first-order valence-electron chi connectivity index (χ1n) is 6.51. The molecule has 0 aliphatic rings. The van der Waals surface area contributed by atoms with Gasteiger partial charge < -0.3 is 14.8 Å². The van der Waals surface area contributed by atoms with Crippen LogP contribution in [-0.2, 0) is 9.53 Å². The smallest absolute Gasteiger partial charge is 0.328 e. The fourth-order valence-corrected chi connectivity index (χ4v) is 1.74. The average Bonchev–Trinajstić information content (AvgIpc) is 2.36. The van der Waals surface area contributed by atoms with Gasteiger partial charge in [-0.1, -0.05) is 11.6 Å². The van der Waals surface area contributed by atoms with Crippen molar-refractivity contribution in [2.75, 3.05) is 7.11 Å². The number of amides is 1. The molecule has 0 saturated heterocycles. The van der Waals surface area contributed by atoms with Crippen molar-refractivity contribution in [3.63, 3.8) is 0 Å². The van der Waals surface area contributed by atoms with Gasteiger partial charge in [0.25, 0.3) is 5.91 Å². The van der Waals surface area contributed by atoms with Crippen molar-refractivity contribution >= 4 is 23.5 Å². The van der Waals surface area contributed by atoms with E-state index >= 15 is 0 Å². The molecule has 21 heavy (non-hydrogen) atoms. The van der Waals surface area contributed by atoms with Gasteiger partial charge in [-0.3, -0.25) is 4.79 Å². The third-order valence-corrected chi connectivity index (χ3v) is 2.75. The van der Waals surface area contributed by atoms with Crippen molar-refractivity contribution in [3.05, 3.63) is 28.8 Å². The predicted molar refractivity (Wildman–Crippen MR) is 80.8 cm³/mol. The van der Waals surface area contributed by atoms with Gasteiger partial charge >= 0.3 is 5.97 Å². The van der Waals surface area contributed by atoms with Gasteiger partial charge in [-0.2, -0.15) is 0 Å². The van der Waals surface area contributed by atoms with Crippen LogP contribution < -0.4 is 10.1 Å². The van der Waals surface area contributed by atoms with Crippen molar-refractivity contribution in [2.45, 2.75) is 39.3 Å². The third-order valence-electron chi connectivity index (χ3n) is 2.52. The van der Waals surface area contributed by atoms with E-state index in [1.54, 1.807) is 33.8 Å². The maximum atomic E-state index is 12.2. The Kier molecular flexibility index (Phi) is 5.61. The summed E-state index contributed by atoms with van der Waals surface area (Å²) in [7, 11) is 1.44. The summed E-state index contributed by atoms with van der Waals surface area (Å²) in [6.07, 6.45) is 0. The van der Waals surface area contributed by atoms with Crippen LogP contribution in [0.5, 0.6) is 5.75 Å². The fraction of sp³-hybridized carbons (Fsp3) is 0.467. The highest BCUT2D eigenvalue weighted by Crippen LogP contribution is 2.23. The molecule has 0 aliphatic heterocycles. The van der Waals surface area contributed by atoms with Gasteiger partial charge in [0.05, 0.1) is 12.7 Å². The van der Waals surface area contributed by atoms with Crippen LogP contribution in [0.25, 0.3) is 0 Å². The summed E-state index contributed by atoms with van der Waals surface area (Å²) < 4.78 is 10.3. The summed E-state index contributed by atoms with van der Waals surface area (Å²) in [4.78, 5) is 24.0. The zero-order valence-electron chi connectivity index (χ0n) is 12.8. The largest absolute Gasteiger partial charge is 0.496 e. The number of carbonyl (C=O) groups excluding carboxylic acids is 2. The Hall–Kier alpha value is -1.75. The molecule has 1 aromatic rings. The molecule has 0 aliphatic carbocycles. The molecule has 5 nitrogen and oxygen atoms in total. The zero-order valence-corrected chi connectivity index (χ0v) is 13.6. The maximum Gasteiger partial charge on any atom is 0.328 e. The normalized spacial score (nSPS) is 12.5. The van der Waals surface area contributed by atoms with Crippen molar-refractivity contribution in [2.24, 2.45) is 0 Å². The highest BCUT2D eigenvalue weighted by atomic mass is 35.5. The molecule has 0 heterocycles. The van der Waals surface area contributed by atoms with E-state index in [4.69, 9.17) is 21.1 Å². The van der Waals surface area contributed by atoms with Crippen LogP contribution in [0.3, 0.4) is 0 Å². The van der Waals surface area contributed by atoms with Crippen LogP contribution in [0, 0.1) is 0 Å². The van der Waals surface area contributed by atoms with Crippen LogP contribution in [0.1, 0.15) is 38.1 Å². The number of esters is 1. The summed E-state index contributed by atoms with van der Waals surface area (Å²) in [5.41, 5.74) is -0.300. The minimum absolute atomic E-state index is 0.303. The van der Waals surface area contributed by atoms with Crippen molar-refractivity contribution in [1.29, 1.82) is 0 Å². The number of ether oxygens (including phenoxy) is 2. The van der Waals surface area contributed by atoms with E-state index in [0.29, 0.717) is 16.3 Å². The number of hydrogen-bond acceptors (Lipinski definition) is 4. The van der Waals surface area contributed by atoms with Crippen LogP contribution in [-0.4, -0.2) is 30.6 Å². The number of methoxy groups -OCH3 is 1. The lowest BCUT2D eigenvalue weighted by Gasteiger charge is -2.22. The molecule has 0 spiro atoms. The summed E-state index contributed by atoms with van der Waals surface area (Å²) in [6.45, 7) is 6.86. The third kappa shape index (κ3) is 5.27. The minimum Gasteiger partial charge on any atom is -0.496 e. The summed E-state index contributed by atoms with van der Waals surface area (Å²) in [5.74, 6) is -0.581. The van der Waals surface area contributed by atoms with Gasteiger partial charge in [0, 0.05) is 5.02 Å². The highest BCUT2D eigenvalue weighted by molar-refractivity contribution is 6.30. The average molecular weight is 314 g/mol. The molecule has 1 atom stereocenters. The molecule has 1 rings (SSSR count). The molecule has 0 aromatic heterocycles. The first kappa shape index (κ1) is 17.3. The monoisotopic (exact) mass is 313 g/mol. The number of benzene rings is 1. The molecule has 6 heteroatoms. The molecule has 0 bridgehead atoms. The molecule has 0 unspecified atom stereocenters. The van der Waals surface area contributed by atoms with E-state index in [-0.39, 0.29) is 0 Å². The summed E-state index contributed by atoms with van der Waals surface area (Å²) in [5, 5.41) is 3.04. The van der Waals surface area contributed by atoms with Gasteiger partial charge in [0.2, 0.25) is 0 Å². The Morgan fingerprint density at radius 1 is 1.29 bits per heavy atom. The van der Waals surface area contributed by atoms with E-state index in [1.807, 2.05) is 0 Å². The quantitative estimate of drug-likeness (QED) is 0.868. The molecule has 0 radical (unpaired) electrons. The SMILES string of the molecule is COc1cc(Cl)ccc1C(=O)N[C@H](C)C(=O)OC(C)(C)C. The van der Waals surface area contributed by atoms with E-state index in [2.05, 4.69) is 5.32 Å². The number of nitrogens with one attached hydrogen (secondary N) is 1. The molecular weight excluding hydrogens is 294 g/mol. The first-order chi connectivity index (χ1) is 9.64. The topological polar surface area (TPSA) is 64.6 Å². The lowest BCUT2D eigenvalue weighted by atomic mass is 10.1. The highest BCUT2D eigenvalue weighted by Gasteiger charge is 2.24. The molecule has 0 saturated carbocycles. The van der Waals surface area contributed by atoms with Crippen LogP contribution in [0.2, 0.25) is 5.02 Å². The summed E-state index contributed by atoms with van der Waals surface area (Å²) in [6, 6.07) is 3.89. The zero-order chi connectivity index (χ0) is 16.2. The van der Waals surface area contributed by atoms with E-state index < -0.39 is 23.5 Å². The molecular formula is C15H20ClNO4. The van der Waals surface area contributed by atoms with E-state index in [1.165, 1.54) is 19.2 Å². The van der Waals surface area contributed by atoms with Gasteiger partial charge in [-0.25, -0.2) is 4.79 Å². The van der Waals surface area contributed by atoms with Gasteiger partial charge in [-0.05, 0) is 45.9 Å². The van der Waals surface area contributed by atoms with Gasteiger partial charge in [-0.15, -0.1) is 0 Å². The van der Waals surface area contributed by atoms with Crippen molar-refractivity contribution < 1.29 is 19.1 Å². The molecule has 1 amide bonds. The van der Waals surface area contributed by atoms with E-state index in [0.717, 1.165) is 0 Å². The van der Waals surface area contributed by atoms with Crippen molar-refractivity contribution in [3.8, 4) is 5.75 Å². The fourth-order valence-electron chi connectivity index (χ4n) is 1.58. The molecule has 0 fully saturated rings. The van der Waals surface area contributed by atoms with Crippen LogP contribution in [0.15, 0.2) is 18.2 Å². The first-order valence-corrected chi connectivity index (χ1v) is 6.89. The Balaban J connectivity index is 2.79. The minimum atomic E-state index is -0.767. The van der Waals surface area contributed by atoms with E-state index in [9.17, 15) is 9.59 Å². The Morgan fingerprint density at radius 3 is 2.43 bits per heavy atom. The number of hydrogen-bond donors (Lipinski definition) is 1. The number of carbonyl (C=O) groups is 2. The van der Waals surface area contributed by atoms with Crippen LogP contribution in [0.4, 0.5) is 0 Å². The predicted octanol–water partition coefficient (Wildman–Crippen LogP) is 2.81. The van der Waals surface area contributed by atoms with Crippen LogP contribution >= 0.6 is 11.6 Å². The van der Waals surface area contributed by atoms with Gasteiger partial charge in [0.15, 0.2) is 0 Å². The molecule has 1 aromatic carbocycles. The Bertz CT molecular complexity index is 537. The standard InChI is InChI=1S/C15H20ClNO4/c1-9(14(19)21-15(2,3)4)17-13(18)11-7-6-10(16)8-12(11)20-5/h6-9H,1-5H3,(H,17,18)/t9-/m1/s1. The molecule has 1 N–H and O–H groups in total. The second-order valence-electron chi connectivity index (χ2n) is 5.57. The van der Waals surface area contributed by atoms with Gasteiger partial charge in [0.1, 0.15) is 17.4 Å².